The highest BCUT2D eigenvalue weighted by Gasteiger charge is 2.36. The third-order valence-corrected chi connectivity index (χ3v) is 2.28. The molecule has 0 radical (unpaired) electrons. The molecule has 0 unspecified atom stereocenters. The van der Waals surface area contributed by atoms with Crippen molar-refractivity contribution in [1.82, 2.24) is 0 Å². The van der Waals surface area contributed by atoms with Gasteiger partial charge in [0.2, 0.25) is 0 Å². The van der Waals surface area contributed by atoms with E-state index in [1.54, 1.807) is 13.8 Å². The molecule has 1 aromatic carbocycles. The van der Waals surface area contributed by atoms with Crippen molar-refractivity contribution in [3.63, 3.8) is 0 Å². The molecule has 5 heteroatoms. The van der Waals surface area contributed by atoms with E-state index in [0.29, 0.717) is 0 Å². The summed E-state index contributed by atoms with van der Waals surface area (Å²) in [6.45, 7) is 3.36. The van der Waals surface area contributed by atoms with Gasteiger partial charge in [0.05, 0.1) is 6.10 Å². The van der Waals surface area contributed by atoms with Gasteiger partial charge in [0.1, 0.15) is 11.3 Å². The molecular formula is C10H10BrF3O. The minimum atomic E-state index is -4.41. The van der Waals surface area contributed by atoms with E-state index < -0.39 is 11.7 Å². The summed E-state index contributed by atoms with van der Waals surface area (Å²) in [6.07, 6.45) is -4.70. The maximum Gasteiger partial charge on any atom is 0.421 e. The molecule has 15 heavy (non-hydrogen) atoms. The first kappa shape index (κ1) is 12.4. The zero-order chi connectivity index (χ0) is 11.6. The highest BCUT2D eigenvalue weighted by molar-refractivity contribution is 9.10. The average Bonchev–Trinajstić information content (AvgIpc) is 1.99. The molecule has 0 atom stereocenters. The molecule has 84 valence electrons. The number of ether oxygens (including phenoxy) is 1. The van der Waals surface area contributed by atoms with Crippen molar-refractivity contribution >= 4 is 15.9 Å². The summed E-state index contributed by atoms with van der Waals surface area (Å²) in [5.41, 5.74) is -0.765. The van der Waals surface area contributed by atoms with Crippen molar-refractivity contribution in [2.24, 2.45) is 0 Å². The third-order valence-electron chi connectivity index (χ3n) is 1.62. The quantitative estimate of drug-likeness (QED) is 0.788. The Morgan fingerprint density at radius 2 is 1.87 bits per heavy atom. The van der Waals surface area contributed by atoms with Crippen LogP contribution >= 0.6 is 15.9 Å². The number of alkyl halides is 3. The van der Waals surface area contributed by atoms with Gasteiger partial charge in [0.15, 0.2) is 0 Å². The lowest BCUT2D eigenvalue weighted by atomic mass is 10.2. The van der Waals surface area contributed by atoms with Crippen LogP contribution in [0.15, 0.2) is 22.7 Å². The molecule has 0 N–H and O–H groups in total. The van der Waals surface area contributed by atoms with Crippen molar-refractivity contribution in [2.75, 3.05) is 0 Å². The Labute approximate surface area is 94.4 Å². The summed E-state index contributed by atoms with van der Waals surface area (Å²) in [5.74, 6) is -0.146. The molecular weight excluding hydrogens is 273 g/mol. The fourth-order valence-corrected chi connectivity index (χ4v) is 1.70. The van der Waals surface area contributed by atoms with Crippen molar-refractivity contribution in [2.45, 2.75) is 26.1 Å². The van der Waals surface area contributed by atoms with Gasteiger partial charge in [-0.3, -0.25) is 0 Å². The van der Waals surface area contributed by atoms with Crippen LogP contribution in [-0.2, 0) is 6.18 Å². The smallest absolute Gasteiger partial charge is 0.421 e. The number of halogens is 4. The SMILES string of the molecule is CC(C)Oc1cccc(Br)c1C(F)(F)F. The van der Waals surface area contributed by atoms with E-state index in [-0.39, 0.29) is 16.3 Å². The Morgan fingerprint density at radius 1 is 1.27 bits per heavy atom. The van der Waals surface area contributed by atoms with Crippen molar-refractivity contribution in [3.8, 4) is 5.75 Å². The summed E-state index contributed by atoms with van der Waals surface area (Å²) < 4.78 is 43.0. The second-order valence-electron chi connectivity index (χ2n) is 3.28. The van der Waals surface area contributed by atoms with E-state index >= 15 is 0 Å². The molecule has 0 fully saturated rings. The van der Waals surface area contributed by atoms with Crippen molar-refractivity contribution in [1.29, 1.82) is 0 Å². The van der Waals surface area contributed by atoms with Crippen LogP contribution < -0.4 is 4.74 Å². The number of hydrogen-bond donors (Lipinski definition) is 0. The minimum absolute atomic E-state index is 0.00634. The molecule has 0 spiro atoms. The van der Waals surface area contributed by atoms with Gasteiger partial charge in [-0.1, -0.05) is 22.0 Å². The maximum absolute atomic E-state index is 12.6. The average molecular weight is 283 g/mol. The molecule has 0 aromatic heterocycles. The van der Waals surface area contributed by atoms with Gasteiger partial charge in [0.25, 0.3) is 0 Å². The lowest BCUT2D eigenvalue weighted by Crippen LogP contribution is -2.13. The van der Waals surface area contributed by atoms with Crippen LogP contribution in [0, 0.1) is 0 Å². The van der Waals surface area contributed by atoms with Gasteiger partial charge in [-0.05, 0) is 26.0 Å². The fourth-order valence-electron chi connectivity index (χ4n) is 1.13. The number of benzene rings is 1. The summed E-state index contributed by atoms with van der Waals surface area (Å²) in [7, 11) is 0. The van der Waals surface area contributed by atoms with Gasteiger partial charge in [0, 0.05) is 4.47 Å². The molecule has 0 bridgehead atoms. The molecule has 0 saturated carbocycles. The van der Waals surface area contributed by atoms with Crippen LogP contribution in [0.25, 0.3) is 0 Å². The highest BCUT2D eigenvalue weighted by Crippen LogP contribution is 2.41. The Hall–Kier alpha value is -0.710. The normalized spacial score (nSPS) is 11.9. The largest absolute Gasteiger partial charge is 0.490 e. The Kier molecular flexibility index (Phi) is 3.65. The van der Waals surface area contributed by atoms with Gasteiger partial charge in [-0.2, -0.15) is 13.2 Å². The van der Waals surface area contributed by atoms with Gasteiger partial charge >= 0.3 is 6.18 Å². The van der Waals surface area contributed by atoms with Crippen LogP contribution in [0.2, 0.25) is 0 Å². The zero-order valence-corrected chi connectivity index (χ0v) is 9.82. The topological polar surface area (TPSA) is 9.23 Å². The monoisotopic (exact) mass is 282 g/mol. The summed E-state index contributed by atoms with van der Waals surface area (Å²) >= 11 is 2.87. The van der Waals surface area contributed by atoms with Crippen LogP contribution in [0.4, 0.5) is 13.2 Å². The molecule has 0 saturated heterocycles. The summed E-state index contributed by atoms with van der Waals surface area (Å²) in [6, 6.07) is 4.17. The predicted molar refractivity (Wildman–Crippen MR) is 54.9 cm³/mol. The van der Waals surface area contributed by atoms with Gasteiger partial charge in [-0.15, -0.1) is 0 Å². The van der Waals surface area contributed by atoms with E-state index in [9.17, 15) is 13.2 Å². The summed E-state index contributed by atoms with van der Waals surface area (Å²) in [5, 5.41) is 0. The van der Waals surface area contributed by atoms with Crippen molar-refractivity contribution in [3.05, 3.63) is 28.2 Å². The Morgan fingerprint density at radius 3 is 2.33 bits per heavy atom. The van der Waals surface area contributed by atoms with E-state index in [1.165, 1.54) is 18.2 Å². The van der Waals surface area contributed by atoms with Crippen molar-refractivity contribution < 1.29 is 17.9 Å². The molecule has 0 aliphatic carbocycles. The first-order chi connectivity index (χ1) is 6.82. The minimum Gasteiger partial charge on any atom is -0.490 e. The molecule has 1 aromatic rings. The van der Waals surface area contributed by atoms with Gasteiger partial charge in [-0.25, -0.2) is 0 Å². The molecule has 0 amide bonds. The second-order valence-corrected chi connectivity index (χ2v) is 4.13. The number of hydrogen-bond acceptors (Lipinski definition) is 1. The second kappa shape index (κ2) is 4.43. The lowest BCUT2D eigenvalue weighted by molar-refractivity contribution is -0.139. The number of rotatable bonds is 2. The molecule has 0 aliphatic rings. The van der Waals surface area contributed by atoms with Crippen LogP contribution in [0.3, 0.4) is 0 Å². The van der Waals surface area contributed by atoms with Gasteiger partial charge < -0.3 is 4.74 Å². The Bertz CT molecular complexity index is 347. The first-order valence-electron chi connectivity index (χ1n) is 4.34. The van der Waals surface area contributed by atoms with Crippen LogP contribution in [0.1, 0.15) is 19.4 Å². The Balaban J connectivity index is 3.21. The fraction of sp³-hybridized carbons (Fsp3) is 0.400. The van der Waals surface area contributed by atoms with Crippen LogP contribution in [0.5, 0.6) is 5.75 Å². The van der Waals surface area contributed by atoms with E-state index in [4.69, 9.17) is 4.74 Å². The van der Waals surface area contributed by atoms with E-state index in [1.807, 2.05) is 0 Å². The first-order valence-corrected chi connectivity index (χ1v) is 5.14. The molecule has 1 rings (SSSR count). The standard InChI is InChI=1S/C10H10BrF3O/c1-6(2)15-8-5-3-4-7(11)9(8)10(12,13)14/h3-6H,1-2H3. The molecule has 1 nitrogen and oxygen atoms in total. The predicted octanol–water partition coefficient (Wildman–Crippen LogP) is 4.26. The van der Waals surface area contributed by atoms with Crippen LogP contribution in [-0.4, -0.2) is 6.10 Å². The molecule has 0 heterocycles. The van der Waals surface area contributed by atoms with E-state index in [0.717, 1.165) is 0 Å². The third kappa shape index (κ3) is 3.12. The van der Waals surface area contributed by atoms with E-state index in [2.05, 4.69) is 15.9 Å². The zero-order valence-electron chi connectivity index (χ0n) is 8.23. The maximum atomic E-state index is 12.6. The molecule has 0 aliphatic heterocycles. The highest BCUT2D eigenvalue weighted by atomic mass is 79.9. The summed E-state index contributed by atoms with van der Waals surface area (Å²) in [4.78, 5) is 0. The lowest BCUT2D eigenvalue weighted by Gasteiger charge is -2.17.